The molecular formula is C23H26ClNO5. The van der Waals surface area contributed by atoms with Crippen molar-refractivity contribution in [1.29, 1.82) is 5.26 Å². The maximum atomic E-state index is 10.4. The Morgan fingerprint density at radius 3 is 2.40 bits per heavy atom. The normalized spacial score (nSPS) is 11.1. The third kappa shape index (κ3) is 6.38. The molecule has 0 radical (unpaired) electrons. The highest BCUT2D eigenvalue weighted by molar-refractivity contribution is 6.32. The number of halogens is 1. The maximum absolute atomic E-state index is 10.4. The minimum Gasteiger partial charge on any atom is -0.508 e. The lowest BCUT2D eigenvalue weighted by atomic mass is 9.77. The molecule has 2 aromatic carbocycles. The maximum Gasteiger partial charge on any atom is 0.329 e. The van der Waals surface area contributed by atoms with Crippen molar-refractivity contribution in [2.45, 2.75) is 38.5 Å². The van der Waals surface area contributed by atoms with Crippen LogP contribution in [0.4, 0.5) is 0 Å². The molecule has 0 heterocycles. The van der Waals surface area contributed by atoms with Gasteiger partial charge in [-0.25, -0.2) is 4.79 Å². The van der Waals surface area contributed by atoms with Crippen LogP contribution in [0.2, 0.25) is 5.02 Å². The third-order valence-corrected chi connectivity index (χ3v) is 5.16. The predicted molar refractivity (Wildman–Crippen MR) is 114 cm³/mol. The van der Waals surface area contributed by atoms with Gasteiger partial charge in [0, 0.05) is 12.0 Å². The van der Waals surface area contributed by atoms with E-state index in [0.717, 1.165) is 30.4 Å². The Kier molecular flexibility index (Phi) is 8.52. The highest BCUT2D eigenvalue weighted by Gasteiger charge is 2.26. The van der Waals surface area contributed by atoms with Gasteiger partial charge in [0.05, 0.1) is 17.2 Å². The van der Waals surface area contributed by atoms with Crippen molar-refractivity contribution in [1.82, 2.24) is 0 Å². The topological polar surface area (TPSA) is 99.8 Å². The molecule has 0 bridgehead atoms. The largest absolute Gasteiger partial charge is 0.508 e. The number of hydrogen-bond donors (Lipinski definition) is 2. The number of ether oxygens (including phenoxy) is 2. The fourth-order valence-corrected chi connectivity index (χ4v) is 3.32. The summed E-state index contributed by atoms with van der Waals surface area (Å²) >= 11 is 6.45. The number of benzene rings is 2. The molecule has 0 fully saturated rings. The van der Waals surface area contributed by atoms with Crippen molar-refractivity contribution >= 4 is 17.6 Å². The second-order valence-electron chi connectivity index (χ2n) is 7.47. The van der Waals surface area contributed by atoms with Crippen LogP contribution in [0.25, 0.3) is 0 Å². The molecule has 160 valence electrons. The van der Waals surface area contributed by atoms with Gasteiger partial charge in [-0.1, -0.05) is 37.6 Å². The van der Waals surface area contributed by atoms with Crippen LogP contribution in [0.1, 0.15) is 49.8 Å². The van der Waals surface area contributed by atoms with Gasteiger partial charge >= 0.3 is 5.97 Å². The zero-order chi connectivity index (χ0) is 22.1. The van der Waals surface area contributed by atoms with Crippen LogP contribution in [0.5, 0.6) is 11.5 Å². The highest BCUT2D eigenvalue weighted by Crippen LogP contribution is 2.38. The number of hydrogen-bond acceptors (Lipinski definition) is 5. The van der Waals surface area contributed by atoms with Gasteiger partial charge < -0.3 is 19.7 Å². The number of carbonyl (C=O) groups is 1. The molecule has 2 rings (SSSR count). The number of nitriles is 1. The lowest BCUT2D eigenvalue weighted by molar-refractivity contribution is -0.142. The number of nitrogens with zero attached hydrogens (tertiary/aromatic N) is 1. The van der Waals surface area contributed by atoms with Gasteiger partial charge in [-0.3, -0.25) is 0 Å². The number of aromatic hydroxyl groups is 1. The van der Waals surface area contributed by atoms with Crippen molar-refractivity contribution in [2.75, 3.05) is 19.8 Å². The summed E-state index contributed by atoms with van der Waals surface area (Å²) in [5.41, 5.74) is 1.81. The number of carboxylic acids is 1. The summed E-state index contributed by atoms with van der Waals surface area (Å²) in [6, 6.07) is 12.7. The Bertz CT molecular complexity index is 903. The number of carboxylic acid groups (broad SMARTS) is 1. The molecule has 0 spiro atoms. The SMILES string of the molecule is CC(C)(c1ccc(O)cc1)c1cc(Cl)c(OCCCCCOCC(=O)O)c(C#N)c1. The molecule has 0 atom stereocenters. The average Bonchev–Trinajstić information content (AvgIpc) is 2.70. The van der Waals surface area contributed by atoms with Crippen LogP contribution < -0.4 is 4.74 Å². The molecular weight excluding hydrogens is 406 g/mol. The summed E-state index contributed by atoms with van der Waals surface area (Å²) in [4.78, 5) is 10.4. The van der Waals surface area contributed by atoms with E-state index in [0.29, 0.717) is 29.5 Å². The molecule has 0 saturated carbocycles. The second kappa shape index (κ2) is 10.9. The van der Waals surface area contributed by atoms with Gasteiger partial charge in [0.15, 0.2) is 5.75 Å². The standard InChI is InChI=1S/C23H26ClNO5/c1-23(2,17-6-8-19(26)9-7-17)18-12-16(14-25)22(20(24)13-18)30-11-5-3-4-10-29-15-21(27)28/h6-9,12-13,26H,3-5,10-11,15H2,1-2H3,(H,27,28). The van der Waals surface area contributed by atoms with Gasteiger partial charge in [-0.15, -0.1) is 0 Å². The van der Waals surface area contributed by atoms with Crippen molar-refractivity contribution in [3.63, 3.8) is 0 Å². The predicted octanol–water partition coefficient (Wildman–Crippen LogP) is 4.89. The number of phenolic OH excluding ortho intramolecular Hbond substituents is 1. The van der Waals surface area contributed by atoms with Crippen LogP contribution in [-0.2, 0) is 14.9 Å². The quantitative estimate of drug-likeness (QED) is 0.491. The molecule has 0 aliphatic rings. The average molecular weight is 432 g/mol. The van der Waals surface area contributed by atoms with Gasteiger partial charge in [-0.05, 0) is 54.7 Å². The van der Waals surface area contributed by atoms with E-state index in [2.05, 4.69) is 6.07 Å². The molecule has 0 aliphatic carbocycles. The summed E-state index contributed by atoms with van der Waals surface area (Å²) in [7, 11) is 0. The van der Waals surface area contributed by atoms with Crippen molar-refractivity contribution in [3.05, 3.63) is 58.1 Å². The fraction of sp³-hybridized carbons (Fsp3) is 0.391. The Hall–Kier alpha value is -2.75. The summed E-state index contributed by atoms with van der Waals surface area (Å²) in [6.45, 7) is 4.55. The third-order valence-electron chi connectivity index (χ3n) is 4.88. The van der Waals surface area contributed by atoms with Crippen molar-refractivity contribution < 1.29 is 24.5 Å². The number of rotatable bonds is 11. The van der Waals surface area contributed by atoms with Gasteiger partial charge in [0.1, 0.15) is 18.4 Å². The monoisotopic (exact) mass is 431 g/mol. The molecule has 0 unspecified atom stereocenters. The first-order valence-electron chi connectivity index (χ1n) is 9.71. The molecule has 7 heteroatoms. The van der Waals surface area contributed by atoms with Crippen LogP contribution in [0.15, 0.2) is 36.4 Å². The minimum atomic E-state index is -0.978. The zero-order valence-corrected chi connectivity index (χ0v) is 17.9. The molecule has 30 heavy (non-hydrogen) atoms. The number of phenols is 1. The minimum absolute atomic E-state index is 0.197. The van der Waals surface area contributed by atoms with E-state index in [1.54, 1.807) is 18.2 Å². The van der Waals surface area contributed by atoms with Crippen LogP contribution in [0, 0.1) is 11.3 Å². The summed E-state index contributed by atoms with van der Waals surface area (Å²) < 4.78 is 10.8. The Balaban J connectivity index is 2.01. The second-order valence-corrected chi connectivity index (χ2v) is 7.88. The Morgan fingerprint density at radius 1 is 1.10 bits per heavy atom. The lowest BCUT2D eigenvalue weighted by Crippen LogP contribution is -2.19. The molecule has 0 aromatic heterocycles. The molecule has 0 amide bonds. The molecule has 0 aliphatic heterocycles. The van der Waals surface area contributed by atoms with Gasteiger partial charge in [0.2, 0.25) is 0 Å². The fourth-order valence-electron chi connectivity index (χ4n) is 3.05. The van der Waals surface area contributed by atoms with E-state index in [9.17, 15) is 15.2 Å². The van der Waals surface area contributed by atoms with Crippen molar-refractivity contribution in [2.24, 2.45) is 0 Å². The Morgan fingerprint density at radius 2 is 1.77 bits per heavy atom. The molecule has 6 nitrogen and oxygen atoms in total. The highest BCUT2D eigenvalue weighted by atomic mass is 35.5. The van der Waals surface area contributed by atoms with Crippen molar-refractivity contribution in [3.8, 4) is 17.6 Å². The summed E-state index contributed by atoms with van der Waals surface area (Å²) in [6.07, 6.45) is 2.28. The molecule has 0 saturated heterocycles. The van der Waals surface area contributed by atoms with Crippen LogP contribution in [0.3, 0.4) is 0 Å². The number of aliphatic carboxylic acids is 1. The first-order chi connectivity index (χ1) is 14.3. The van der Waals surface area contributed by atoms with Crippen LogP contribution in [-0.4, -0.2) is 36.0 Å². The first kappa shape index (κ1) is 23.5. The van der Waals surface area contributed by atoms with Gasteiger partial charge in [0.25, 0.3) is 0 Å². The van der Waals surface area contributed by atoms with E-state index in [4.69, 9.17) is 26.2 Å². The van der Waals surface area contributed by atoms with E-state index in [-0.39, 0.29) is 12.4 Å². The molecule has 2 aromatic rings. The van der Waals surface area contributed by atoms with Crippen LogP contribution >= 0.6 is 11.6 Å². The first-order valence-corrected chi connectivity index (χ1v) is 10.1. The van der Waals surface area contributed by atoms with E-state index >= 15 is 0 Å². The zero-order valence-electron chi connectivity index (χ0n) is 17.2. The lowest BCUT2D eigenvalue weighted by Gasteiger charge is -2.27. The molecule has 2 N–H and O–H groups in total. The smallest absolute Gasteiger partial charge is 0.329 e. The van der Waals surface area contributed by atoms with E-state index in [1.165, 1.54) is 0 Å². The summed E-state index contributed by atoms with van der Waals surface area (Å²) in [5, 5.41) is 28.0. The Labute approximate surface area is 181 Å². The van der Waals surface area contributed by atoms with Gasteiger partial charge in [-0.2, -0.15) is 5.26 Å². The number of unbranched alkanes of at least 4 members (excludes halogenated alkanes) is 2. The summed E-state index contributed by atoms with van der Waals surface area (Å²) in [5.74, 6) is -0.414. The van der Waals surface area contributed by atoms with E-state index in [1.807, 2.05) is 32.0 Å². The van der Waals surface area contributed by atoms with E-state index < -0.39 is 11.4 Å².